The van der Waals surface area contributed by atoms with E-state index in [1.807, 2.05) is 37.3 Å². The molecule has 2 saturated carbocycles. The van der Waals surface area contributed by atoms with Gasteiger partial charge in [-0.15, -0.1) is 0 Å². The van der Waals surface area contributed by atoms with Gasteiger partial charge in [-0.05, 0) is 104 Å². The normalized spacial score (nSPS) is 22.9. The van der Waals surface area contributed by atoms with Crippen molar-refractivity contribution in [3.05, 3.63) is 131 Å². The highest BCUT2D eigenvalue weighted by Gasteiger charge is 2.64. The molecule has 1 heterocycles. The van der Waals surface area contributed by atoms with E-state index in [1.165, 1.54) is 46.9 Å². The Hall–Kier alpha value is -5.37. The van der Waals surface area contributed by atoms with Gasteiger partial charge in [0.05, 0.1) is 28.7 Å². The molecule has 1 saturated heterocycles. The molecule has 5 atom stereocenters. The van der Waals surface area contributed by atoms with E-state index in [2.05, 4.69) is 12.1 Å². The van der Waals surface area contributed by atoms with Gasteiger partial charge < -0.3 is 9.47 Å². The molecule has 3 fully saturated rings. The fourth-order valence-corrected chi connectivity index (χ4v) is 7.41. The molecule has 2 aliphatic carbocycles. The number of fused-ring (bicyclic) bond motifs is 5. The maximum absolute atomic E-state index is 13.6. The quantitative estimate of drug-likeness (QED) is 0.101. The number of nitrogens with zero attached hydrogens (tertiary/aromatic N) is 1. The molecule has 0 N–H and O–H groups in total. The maximum atomic E-state index is 13.6. The molecule has 2 amide bonds. The van der Waals surface area contributed by atoms with Gasteiger partial charge in [-0.25, -0.2) is 9.59 Å². The Labute approximate surface area is 265 Å². The highest BCUT2D eigenvalue weighted by molar-refractivity contribution is 6.22. The number of aryl methyl sites for hydroxylation is 1. The maximum Gasteiger partial charge on any atom is 0.343 e. The second-order valence-electron chi connectivity index (χ2n) is 12.3. The summed E-state index contributed by atoms with van der Waals surface area (Å²) in [5, 5.41) is 0. The first-order valence-electron chi connectivity index (χ1n) is 15.4. The minimum absolute atomic E-state index is 0.149. The number of Topliss-reactive ketones (excluding diaryl/α,β-unsaturated/α-hetero) is 1. The van der Waals surface area contributed by atoms with Crippen molar-refractivity contribution in [3.63, 3.8) is 0 Å². The summed E-state index contributed by atoms with van der Waals surface area (Å²) in [6.45, 7) is 1.44. The minimum Gasteiger partial charge on any atom is -0.454 e. The number of ketones is 1. The number of amides is 2. The molecule has 4 aromatic rings. The van der Waals surface area contributed by atoms with E-state index in [-0.39, 0.29) is 52.7 Å². The molecule has 8 nitrogen and oxygen atoms in total. The van der Waals surface area contributed by atoms with Gasteiger partial charge in [0.15, 0.2) is 12.4 Å². The summed E-state index contributed by atoms with van der Waals surface area (Å²) in [5.41, 5.74) is 3.58. The van der Waals surface area contributed by atoms with Crippen LogP contribution in [-0.4, -0.2) is 36.1 Å². The van der Waals surface area contributed by atoms with Crippen LogP contribution < -0.4 is 9.64 Å². The molecule has 230 valence electrons. The van der Waals surface area contributed by atoms with Gasteiger partial charge >= 0.3 is 11.9 Å². The van der Waals surface area contributed by atoms with Crippen LogP contribution in [0, 0.1) is 30.6 Å². The summed E-state index contributed by atoms with van der Waals surface area (Å²) in [5.74, 6) is -1.68. The number of carbonyl (C=O) groups is 5. The summed E-state index contributed by atoms with van der Waals surface area (Å²) in [6.07, 6.45) is 1.81. The summed E-state index contributed by atoms with van der Waals surface area (Å²) in [7, 11) is 0. The van der Waals surface area contributed by atoms with Gasteiger partial charge in [0.1, 0.15) is 5.75 Å². The van der Waals surface area contributed by atoms with Crippen LogP contribution in [0.2, 0.25) is 0 Å². The largest absolute Gasteiger partial charge is 0.454 e. The second-order valence-corrected chi connectivity index (χ2v) is 12.3. The zero-order chi connectivity index (χ0) is 31.9. The smallest absolute Gasteiger partial charge is 0.343 e. The first-order valence-corrected chi connectivity index (χ1v) is 15.4. The van der Waals surface area contributed by atoms with Gasteiger partial charge in [-0.2, -0.15) is 0 Å². The van der Waals surface area contributed by atoms with Crippen molar-refractivity contribution in [1.29, 1.82) is 0 Å². The molecule has 0 radical (unpaired) electrons. The van der Waals surface area contributed by atoms with E-state index in [1.54, 1.807) is 24.3 Å². The third-order valence-corrected chi connectivity index (χ3v) is 9.61. The number of hydrogen-bond acceptors (Lipinski definition) is 7. The number of carbonyl (C=O) groups excluding carboxylic acids is 5. The van der Waals surface area contributed by atoms with Gasteiger partial charge in [0.2, 0.25) is 11.8 Å². The van der Waals surface area contributed by atoms with Crippen LogP contribution in [0.5, 0.6) is 5.75 Å². The second kappa shape index (κ2) is 11.9. The molecule has 4 aromatic carbocycles. The molecule has 8 heteroatoms. The van der Waals surface area contributed by atoms with E-state index in [0.29, 0.717) is 16.8 Å². The number of hydrogen-bond donors (Lipinski definition) is 0. The molecule has 3 aliphatic rings. The molecule has 1 aliphatic heterocycles. The number of rotatable bonds is 8. The lowest BCUT2D eigenvalue weighted by Gasteiger charge is -2.28. The zero-order valence-corrected chi connectivity index (χ0v) is 25.1. The third kappa shape index (κ3) is 5.30. The highest BCUT2D eigenvalue weighted by Crippen LogP contribution is 2.61. The fraction of sp³-hybridized carbons (Fsp3) is 0.237. The number of anilines is 1. The Morgan fingerprint density at radius 3 is 2.00 bits per heavy atom. The van der Waals surface area contributed by atoms with E-state index >= 15 is 0 Å². The van der Waals surface area contributed by atoms with Crippen molar-refractivity contribution in [2.75, 3.05) is 11.5 Å². The third-order valence-electron chi connectivity index (χ3n) is 9.61. The first kappa shape index (κ1) is 29.3. The van der Waals surface area contributed by atoms with E-state index in [0.717, 1.165) is 18.4 Å². The van der Waals surface area contributed by atoms with Gasteiger partial charge in [0.25, 0.3) is 0 Å². The standard InChI is InChI=1S/C38H31NO7/c1-22-7-9-26(10-8-22)38(44)46-29-17-13-24(14-18-29)32(40)21-45-37(43)25-11-15-28(16-12-25)39-35(41)33-27-19-30(23-5-3-2-4-6-23)31(20-27)34(33)36(39)42/h2-18,27,30-31,33-34H,19-21H2,1H3. The molecule has 0 spiro atoms. The van der Waals surface area contributed by atoms with Crippen LogP contribution in [0.15, 0.2) is 103 Å². The lowest BCUT2D eigenvalue weighted by Crippen LogP contribution is -2.33. The Morgan fingerprint density at radius 1 is 0.696 bits per heavy atom. The SMILES string of the molecule is Cc1ccc(C(=O)Oc2ccc(C(=O)COC(=O)c3ccc(N4C(=O)C5C6CC(c7ccccc7)C(C6)C5C4=O)cc3)cc2)cc1. The Morgan fingerprint density at radius 2 is 1.30 bits per heavy atom. The predicted molar refractivity (Wildman–Crippen MR) is 169 cm³/mol. The van der Waals surface area contributed by atoms with Crippen molar-refractivity contribution in [1.82, 2.24) is 0 Å². The van der Waals surface area contributed by atoms with Crippen LogP contribution in [0.1, 0.15) is 61.0 Å². The monoisotopic (exact) mass is 613 g/mol. The van der Waals surface area contributed by atoms with E-state index < -0.39 is 24.3 Å². The molecule has 5 unspecified atom stereocenters. The Bertz CT molecular complexity index is 1830. The average Bonchev–Trinajstić information content (AvgIpc) is 3.75. The van der Waals surface area contributed by atoms with Crippen molar-refractivity contribution >= 4 is 35.2 Å². The summed E-state index contributed by atoms with van der Waals surface area (Å²) >= 11 is 0. The number of ether oxygens (including phenoxy) is 2. The zero-order valence-electron chi connectivity index (χ0n) is 25.1. The van der Waals surface area contributed by atoms with Gasteiger partial charge in [0, 0.05) is 5.56 Å². The van der Waals surface area contributed by atoms with E-state index in [9.17, 15) is 24.0 Å². The molecular weight excluding hydrogens is 582 g/mol. The van der Waals surface area contributed by atoms with Crippen LogP contribution >= 0.6 is 0 Å². The number of esters is 2. The van der Waals surface area contributed by atoms with Crippen LogP contribution in [-0.2, 0) is 14.3 Å². The topological polar surface area (TPSA) is 107 Å². The minimum atomic E-state index is -0.705. The summed E-state index contributed by atoms with van der Waals surface area (Å²) < 4.78 is 10.6. The Balaban J connectivity index is 0.946. The van der Waals surface area contributed by atoms with Crippen LogP contribution in [0.3, 0.4) is 0 Å². The van der Waals surface area contributed by atoms with Crippen LogP contribution in [0.25, 0.3) is 0 Å². The summed E-state index contributed by atoms with van der Waals surface area (Å²) in [6, 6.07) is 29.3. The lowest BCUT2D eigenvalue weighted by atomic mass is 9.73. The fourth-order valence-electron chi connectivity index (χ4n) is 7.41. The van der Waals surface area contributed by atoms with Gasteiger partial charge in [-0.3, -0.25) is 19.3 Å². The predicted octanol–water partition coefficient (Wildman–Crippen LogP) is 6.18. The first-order chi connectivity index (χ1) is 22.3. The van der Waals surface area contributed by atoms with Crippen molar-refractivity contribution in [3.8, 4) is 5.75 Å². The molecule has 2 bridgehead atoms. The summed E-state index contributed by atoms with van der Waals surface area (Å²) in [4.78, 5) is 66.1. The van der Waals surface area contributed by atoms with Gasteiger partial charge in [-0.1, -0.05) is 48.0 Å². The van der Waals surface area contributed by atoms with E-state index in [4.69, 9.17) is 9.47 Å². The lowest BCUT2D eigenvalue weighted by molar-refractivity contribution is -0.123. The number of imide groups is 1. The molecular formula is C38H31NO7. The van der Waals surface area contributed by atoms with Crippen molar-refractivity contribution in [2.45, 2.75) is 25.7 Å². The Kier molecular flexibility index (Phi) is 7.56. The molecule has 46 heavy (non-hydrogen) atoms. The van der Waals surface area contributed by atoms with Crippen molar-refractivity contribution in [2.24, 2.45) is 23.7 Å². The number of benzene rings is 4. The molecule has 7 rings (SSSR count). The molecule has 0 aromatic heterocycles. The van der Waals surface area contributed by atoms with Crippen molar-refractivity contribution < 1.29 is 33.4 Å². The van der Waals surface area contributed by atoms with Crippen LogP contribution in [0.4, 0.5) is 5.69 Å². The average molecular weight is 614 g/mol. The highest BCUT2D eigenvalue weighted by atomic mass is 16.5.